The highest BCUT2D eigenvalue weighted by Gasteiger charge is 2.07. The van der Waals surface area contributed by atoms with Crippen LogP contribution in [0, 0.1) is 13.8 Å². The lowest BCUT2D eigenvalue weighted by Gasteiger charge is -2.11. The van der Waals surface area contributed by atoms with Gasteiger partial charge in [0.2, 0.25) is 0 Å². The molecule has 2 rings (SSSR count). The highest BCUT2D eigenvalue weighted by atomic mass is 15.2. The normalized spacial score (nSPS) is 10.8. The summed E-state index contributed by atoms with van der Waals surface area (Å²) in [6.45, 7) is 6.27. The number of nitrogens with two attached hydrogens (primary N) is 1. The number of pyridine rings is 1. The summed E-state index contributed by atoms with van der Waals surface area (Å²) in [4.78, 5) is 4.63. The molecule has 0 saturated carbocycles. The van der Waals surface area contributed by atoms with Crippen LogP contribution in [0.25, 0.3) is 10.9 Å². The van der Waals surface area contributed by atoms with Crippen LogP contribution in [0.15, 0.2) is 18.2 Å². The fourth-order valence-corrected chi connectivity index (χ4v) is 2.10. The van der Waals surface area contributed by atoms with Crippen molar-refractivity contribution in [2.24, 2.45) is 5.84 Å². The van der Waals surface area contributed by atoms with Gasteiger partial charge in [0.15, 0.2) is 0 Å². The Morgan fingerprint density at radius 1 is 1.25 bits per heavy atom. The number of aromatic nitrogens is 1. The van der Waals surface area contributed by atoms with Gasteiger partial charge in [-0.1, -0.05) is 13.0 Å². The van der Waals surface area contributed by atoms with Crippen LogP contribution in [0.5, 0.6) is 0 Å². The molecule has 0 unspecified atom stereocenters. The van der Waals surface area contributed by atoms with Crippen molar-refractivity contribution in [3.63, 3.8) is 0 Å². The van der Waals surface area contributed by atoms with E-state index < -0.39 is 0 Å². The first kappa shape index (κ1) is 10.9. The second kappa shape index (κ2) is 4.10. The molecular weight excluding hydrogens is 198 g/mol. The van der Waals surface area contributed by atoms with E-state index in [1.54, 1.807) is 0 Å². The van der Waals surface area contributed by atoms with Crippen molar-refractivity contribution in [3.8, 4) is 0 Å². The van der Waals surface area contributed by atoms with Crippen molar-refractivity contribution < 1.29 is 0 Å². The average Bonchev–Trinajstić information content (AvgIpc) is 2.26. The molecule has 1 aromatic heterocycles. The van der Waals surface area contributed by atoms with Crippen LogP contribution in [-0.4, -0.2) is 4.98 Å². The average molecular weight is 215 g/mol. The van der Waals surface area contributed by atoms with Crippen LogP contribution in [0.1, 0.15) is 23.7 Å². The molecule has 84 valence electrons. The van der Waals surface area contributed by atoms with Crippen LogP contribution in [-0.2, 0) is 6.42 Å². The number of nitrogens with zero attached hydrogens (tertiary/aromatic N) is 1. The third kappa shape index (κ3) is 1.74. The van der Waals surface area contributed by atoms with Crippen LogP contribution in [0.3, 0.4) is 0 Å². The van der Waals surface area contributed by atoms with Crippen molar-refractivity contribution >= 4 is 16.6 Å². The Morgan fingerprint density at radius 3 is 2.62 bits per heavy atom. The van der Waals surface area contributed by atoms with Crippen molar-refractivity contribution in [2.75, 3.05) is 5.43 Å². The Bertz CT molecular complexity index is 532. The fourth-order valence-electron chi connectivity index (χ4n) is 2.10. The highest BCUT2D eigenvalue weighted by molar-refractivity contribution is 5.94. The van der Waals surface area contributed by atoms with E-state index in [4.69, 9.17) is 5.84 Å². The van der Waals surface area contributed by atoms with Gasteiger partial charge in [-0.15, -0.1) is 0 Å². The lowest BCUT2D eigenvalue weighted by atomic mass is 10.0. The zero-order valence-electron chi connectivity index (χ0n) is 9.96. The van der Waals surface area contributed by atoms with E-state index in [0.717, 1.165) is 28.7 Å². The lowest BCUT2D eigenvalue weighted by Crippen LogP contribution is -2.09. The Hall–Kier alpha value is -1.61. The highest BCUT2D eigenvalue weighted by Crippen LogP contribution is 2.27. The number of hydrogen-bond acceptors (Lipinski definition) is 3. The number of benzene rings is 1. The monoisotopic (exact) mass is 215 g/mol. The molecule has 16 heavy (non-hydrogen) atoms. The third-order valence-electron chi connectivity index (χ3n) is 2.82. The van der Waals surface area contributed by atoms with Crippen LogP contribution in [0.2, 0.25) is 0 Å². The fraction of sp³-hybridized carbons (Fsp3) is 0.308. The van der Waals surface area contributed by atoms with E-state index in [1.165, 1.54) is 11.1 Å². The zero-order chi connectivity index (χ0) is 11.7. The molecule has 2 aromatic rings. The first-order valence-electron chi connectivity index (χ1n) is 5.53. The van der Waals surface area contributed by atoms with E-state index in [2.05, 4.69) is 43.3 Å². The number of hydrogen-bond donors (Lipinski definition) is 2. The summed E-state index contributed by atoms with van der Waals surface area (Å²) in [6, 6.07) is 6.27. The maximum Gasteiger partial charge on any atom is 0.0731 e. The first-order valence-corrected chi connectivity index (χ1v) is 5.53. The molecule has 3 N–H and O–H groups in total. The quantitative estimate of drug-likeness (QED) is 0.598. The summed E-state index contributed by atoms with van der Waals surface area (Å²) in [5.74, 6) is 5.57. The smallest absolute Gasteiger partial charge is 0.0731 e. The van der Waals surface area contributed by atoms with E-state index >= 15 is 0 Å². The topological polar surface area (TPSA) is 50.9 Å². The summed E-state index contributed by atoms with van der Waals surface area (Å²) < 4.78 is 0. The molecule has 0 amide bonds. The summed E-state index contributed by atoms with van der Waals surface area (Å²) in [5, 5.41) is 1.12. The number of fused-ring (bicyclic) bond motifs is 1. The molecule has 1 aromatic carbocycles. The van der Waals surface area contributed by atoms with Crippen molar-refractivity contribution in [1.82, 2.24) is 4.98 Å². The summed E-state index contributed by atoms with van der Waals surface area (Å²) in [7, 11) is 0. The third-order valence-corrected chi connectivity index (χ3v) is 2.82. The maximum atomic E-state index is 5.57. The first-order chi connectivity index (χ1) is 7.65. The molecule has 3 nitrogen and oxygen atoms in total. The Balaban J connectivity index is 2.83. The van der Waals surface area contributed by atoms with Crippen LogP contribution >= 0.6 is 0 Å². The molecule has 0 spiro atoms. The van der Waals surface area contributed by atoms with Crippen molar-refractivity contribution in [1.29, 1.82) is 0 Å². The van der Waals surface area contributed by atoms with E-state index in [-0.39, 0.29) is 0 Å². The minimum Gasteiger partial charge on any atom is -0.323 e. The molecule has 3 heteroatoms. The number of nitrogens with one attached hydrogen (secondary N) is 1. The summed E-state index contributed by atoms with van der Waals surface area (Å²) in [6.07, 6.45) is 0.914. The van der Waals surface area contributed by atoms with Gasteiger partial charge in [-0.2, -0.15) is 0 Å². The van der Waals surface area contributed by atoms with Gasteiger partial charge in [0, 0.05) is 11.1 Å². The Kier molecular flexibility index (Phi) is 2.79. The minimum absolute atomic E-state index is 0.914. The molecule has 0 aliphatic rings. The number of hydrazine groups is 1. The predicted molar refractivity (Wildman–Crippen MR) is 68.4 cm³/mol. The van der Waals surface area contributed by atoms with Crippen LogP contribution < -0.4 is 11.3 Å². The van der Waals surface area contributed by atoms with Gasteiger partial charge in [-0.25, -0.2) is 0 Å². The molecule has 1 heterocycles. The summed E-state index contributed by atoms with van der Waals surface area (Å²) in [5.41, 5.74) is 8.24. The molecule has 0 saturated heterocycles. The predicted octanol–water partition coefficient (Wildman–Crippen LogP) is 2.70. The minimum atomic E-state index is 0.914. The molecular formula is C13H17N3. The molecule has 0 atom stereocenters. The van der Waals surface area contributed by atoms with E-state index in [9.17, 15) is 0 Å². The van der Waals surface area contributed by atoms with Gasteiger partial charge in [-0.3, -0.25) is 10.8 Å². The van der Waals surface area contributed by atoms with E-state index in [1.807, 2.05) is 6.07 Å². The van der Waals surface area contributed by atoms with Gasteiger partial charge in [0.1, 0.15) is 0 Å². The molecule has 0 bridgehead atoms. The van der Waals surface area contributed by atoms with Crippen molar-refractivity contribution in [3.05, 3.63) is 35.0 Å². The van der Waals surface area contributed by atoms with E-state index in [0.29, 0.717) is 0 Å². The largest absolute Gasteiger partial charge is 0.323 e. The Labute approximate surface area is 95.7 Å². The summed E-state index contributed by atoms with van der Waals surface area (Å²) >= 11 is 0. The second-order valence-corrected chi connectivity index (χ2v) is 4.13. The van der Waals surface area contributed by atoms with Gasteiger partial charge < -0.3 is 5.43 Å². The molecule has 0 aliphatic heterocycles. The molecule has 0 radical (unpaired) electrons. The SMILES string of the molecule is CCc1cc(NN)c2c(C)cc(C)cc2n1. The standard InChI is InChI=1S/C13H17N3/c1-4-10-7-12(16-14)13-9(3)5-8(2)6-11(13)15-10/h5-7H,4,14H2,1-3H3,(H,15,16). The molecule has 0 fully saturated rings. The number of rotatable bonds is 2. The van der Waals surface area contributed by atoms with Gasteiger partial charge in [-0.05, 0) is 43.5 Å². The number of anilines is 1. The van der Waals surface area contributed by atoms with Gasteiger partial charge in [0.25, 0.3) is 0 Å². The number of nitrogen functional groups attached to an aromatic ring is 1. The maximum absolute atomic E-state index is 5.57. The number of aryl methyl sites for hydroxylation is 3. The van der Waals surface area contributed by atoms with Crippen LogP contribution in [0.4, 0.5) is 5.69 Å². The Morgan fingerprint density at radius 2 is 2.00 bits per heavy atom. The molecule has 0 aliphatic carbocycles. The second-order valence-electron chi connectivity index (χ2n) is 4.13. The zero-order valence-corrected chi connectivity index (χ0v) is 9.96. The van der Waals surface area contributed by atoms with Crippen molar-refractivity contribution in [2.45, 2.75) is 27.2 Å². The lowest BCUT2D eigenvalue weighted by molar-refractivity contribution is 1.05. The van der Waals surface area contributed by atoms with Gasteiger partial charge in [0.05, 0.1) is 11.2 Å². The van der Waals surface area contributed by atoms with Gasteiger partial charge >= 0.3 is 0 Å².